The van der Waals surface area contributed by atoms with Crippen molar-refractivity contribution >= 4 is 15.9 Å². The van der Waals surface area contributed by atoms with Crippen LogP contribution in [-0.2, 0) is 6.42 Å². The standard InChI is InChI=1S/C18H29BrFN/c1-5-7-10-18(6-2,13-21-14(3)4)12-15-11-16(20)8-9-17(15)19/h8-9,11,14,21H,5-7,10,12-13H2,1-4H3. The molecule has 1 atom stereocenters. The van der Waals surface area contributed by atoms with Crippen molar-refractivity contribution in [2.45, 2.75) is 65.8 Å². The summed E-state index contributed by atoms with van der Waals surface area (Å²) in [5.41, 5.74) is 1.29. The fraction of sp³-hybridized carbons (Fsp3) is 0.667. The molecule has 1 N–H and O–H groups in total. The number of benzene rings is 1. The third-order valence-electron chi connectivity index (χ3n) is 4.27. The van der Waals surface area contributed by atoms with Gasteiger partial charge in [0, 0.05) is 17.1 Å². The molecule has 0 fully saturated rings. The van der Waals surface area contributed by atoms with E-state index in [0.717, 1.165) is 29.4 Å². The Kier molecular flexibility index (Phi) is 7.89. The molecule has 0 amide bonds. The van der Waals surface area contributed by atoms with Crippen LogP contribution in [0.15, 0.2) is 22.7 Å². The minimum Gasteiger partial charge on any atom is -0.314 e. The van der Waals surface area contributed by atoms with Crippen molar-refractivity contribution in [3.8, 4) is 0 Å². The molecule has 0 aliphatic carbocycles. The van der Waals surface area contributed by atoms with E-state index < -0.39 is 0 Å². The van der Waals surface area contributed by atoms with Gasteiger partial charge in [0.25, 0.3) is 0 Å². The lowest BCUT2D eigenvalue weighted by molar-refractivity contribution is 0.222. The third kappa shape index (κ3) is 6.07. The normalized spacial score (nSPS) is 14.4. The van der Waals surface area contributed by atoms with E-state index in [1.807, 2.05) is 6.07 Å². The summed E-state index contributed by atoms with van der Waals surface area (Å²) >= 11 is 3.57. The van der Waals surface area contributed by atoms with Gasteiger partial charge >= 0.3 is 0 Å². The van der Waals surface area contributed by atoms with Gasteiger partial charge in [-0.1, -0.05) is 56.5 Å². The molecular formula is C18H29BrFN. The van der Waals surface area contributed by atoms with E-state index in [1.54, 1.807) is 6.07 Å². The molecule has 0 heterocycles. The van der Waals surface area contributed by atoms with Gasteiger partial charge in [-0.25, -0.2) is 4.39 Å². The number of halogens is 2. The monoisotopic (exact) mass is 357 g/mol. The maximum atomic E-state index is 13.6. The van der Waals surface area contributed by atoms with Gasteiger partial charge in [-0.15, -0.1) is 0 Å². The summed E-state index contributed by atoms with van der Waals surface area (Å²) in [6.07, 6.45) is 5.63. The molecule has 0 spiro atoms. The highest BCUT2D eigenvalue weighted by Crippen LogP contribution is 2.35. The van der Waals surface area contributed by atoms with Gasteiger partial charge < -0.3 is 5.32 Å². The molecule has 21 heavy (non-hydrogen) atoms. The van der Waals surface area contributed by atoms with Crippen LogP contribution >= 0.6 is 15.9 Å². The molecule has 1 nitrogen and oxygen atoms in total. The van der Waals surface area contributed by atoms with E-state index in [9.17, 15) is 4.39 Å². The minimum absolute atomic E-state index is 0.148. The second kappa shape index (κ2) is 8.89. The average molecular weight is 358 g/mol. The largest absolute Gasteiger partial charge is 0.314 e. The zero-order valence-electron chi connectivity index (χ0n) is 13.8. The summed E-state index contributed by atoms with van der Waals surface area (Å²) in [5.74, 6) is -0.148. The number of hydrogen-bond donors (Lipinski definition) is 1. The van der Waals surface area contributed by atoms with Crippen molar-refractivity contribution < 1.29 is 4.39 Å². The second-order valence-electron chi connectivity index (χ2n) is 6.41. The molecule has 120 valence electrons. The number of unbranched alkanes of at least 4 members (excludes halogenated alkanes) is 1. The molecule has 0 saturated heterocycles. The Morgan fingerprint density at radius 1 is 1.29 bits per heavy atom. The Morgan fingerprint density at radius 2 is 2.00 bits per heavy atom. The summed E-state index contributed by atoms with van der Waals surface area (Å²) < 4.78 is 14.6. The Hall–Kier alpha value is -0.410. The van der Waals surface area contributed by atoms with E-state index in [2.05, 4.69) is 48.9 Å². The van der Waals surface area contributed by atoms with Crippen molar-refractivity contribution in [1.82, 2.24) is 5.32 Å². The van der Waals surface area contributed by atoms with E-state index in [1.165, 1.54) is 25.3 Å². The fourth-order valence-electron chi connectivity index (χ4n) is 2.72. The topological polar surface area (TPSA) is 12.0 Å². The highest BCUT2D eigenvalue weighted by molar-refractivity contribution is 9.10. The van der Waals surface area contributed by atoms with Crippen molar-refractivity contribution in [3.63, 3.8) is 0 Å². The average Bonchev–Trinajstić information content (AvgIpc) is 2.45. The van der Waals surface area contributed by atoms with Gasteiger partial charge in [0.15, 0.2) is 0 Å². The molecule has 1 aromatic rings. The lowest BCUT2D eigenvalue weighted by Crippen LogP contribution is -2.39. The van der Waals surface area contributed by atoms with Gasteiger partial charge in [-0.05, 0) is 48.4 Å². The van der Waals surface area contributed by atoms with Crippen LogP contribution in [0.25, 0.3) is 0 Å². The first kappa shape index (κ1) is 18.6. The highest BCUT2D eigenvalue weighted by Gasteiger charge is 2.28. The molecule has 1 aromatic carbocycles. The van der Waals surface area contributed by atoms with Crippen molar-refractivity contribution in [3.05, 3.63) is 34.1 Å². The minimum atomic E-state index is -0.148. The fourth-order valence-corrected chi connectivity index (χ4v) is 3.11. The first-order valence-corrected chi connectivity index (χ1v) is 8.89. The maximum absolute atomic E-state index is 13.6. The van der Waals surface area contributed by atoms with Gasteiger partial charge in [0.1, 0.15) is 5.82 Å². The molecule has 0 aromatic heterocycles. The first-order valence-electron chi connectivity index (χ1n) is 8.09. The van der Waals surface area contributed by atoms with Crippen molar-refractivity contribution in [1.29, 1.82) is 0 Å². The number of nitrogens with one attached hydrogen (secondary N) is 1. The first-order chi connectivity index (χ1) is 9.92. The smallest absolute Gasteiger partial charge is 0.123 e. The van der Waals surface area contributed by atoms with Gasteiger partial charge in [-0.3, -0.25) is 0 Å². The molecule has 0 saturated carbocycles. The molecule has 0 radical (unpaired) electrons. The third-order valence-corrected chi connectivity index (χ3v) is 5.04. The maximum Gasteiger partial charge on any atom is 0.123 e. The molecule has 1 unspecified atom stereocenters. The Labute approximate surface area is 137 Å². The second-order valence-corrected chi connectivity index (χ2v) is 7.26. The SMILES string of the molecule is CCCCC(CC)(CNC(C)C)Cc1cc(F)ccc1Br. The Morgan fingerprint density at radius 3 is 2.57 bits per heavy atom. The van der Waals surface area contributed by atoms with E-state index in [-0.39, 0.29) is 11.2 Å². The summed E-state index contributed by atoms with van der Waals surface area (Å²) in [4.78, 5) is 0. The predicted molar refractivity (Wildman–Crippen MR) is 93.2 cm³/mol. The number of rotatable bonds is 9. The lowest BCUT2D eigenvalue weighted by atomic mass is 9.75. The summed E-state index contributed by atoms with van der Waals surface area (Å²) in [5, 5.41) is 3.59. The predicted octanol–water partition coefficient (Wildman–Crippen LogP) is 5.72. The number of hydrogen-bond acceptors (Lipinski definition) is 1. The molecule has 3 heteroatoms. The van der Waals surface area contributed by atoms with Crippen LogP contribution in [0.2, 0.25) is 0 Å². The van der Waals surface area contributed by atoms with Crippen molar-refractivity contribution in [2.24, 2.45) is 5.41 Å². The van der Waals surface area contributed by atoms with Gasteiger partial charge in [0.2, 0.25) is 0 Å². The van der Waals surface area contributed by atoms with Crippen LogP contribution in [0.3, 0.4) is 0 Å². The summed E-state index contributed by atoms with van der Waals surface area (Å²) in [6.45, 7) is 9.83. The van der Waals surface area contributed by atoms with E-state index in [0.29, 0.717) is 6.04 Å². The summed E-state index contributed by atoms with van der Waals surface area (Å²) in [6, 6.07) is 5.49. The van der Waals surface area contributed by atoms with Crippen LogP contribution in [0.1, 0.15) is 58.9 Å². The molecule has 0 bridgehead atoms. The van der Waals surface area contributed by atoms with Crippen LogP contribution in [0.4, 0.5) is 4.39 Å². The quantitative estimate of drug-likeness (QED) is 0.596. The zero-order chi connectivity index (χ0) is 15.9. The van der Waals surface area contributed by atoms with E-state index in [4.69, 9.17) is 0 Å². The van der Waals surface area contributed by atoms with Crippen LogP contribution in [0, 0.1) is 11.2 Å². The molecule has 0 aliphatic rings. The van der Waals surface area contributed by atoms with Crippen molar-refractivity contribution in [2.75, 3.05) is 6.54 Å². The van der Waals surface area contributed by atoms with Crippen LogP contribution in [-0.4, -0.2) is 12.6 Å². The lowest BCUT2D eigenvalue weighted by Gasteiger charge is -2.35. The Balaban J connectivity index is 2.95. The molecular weight excluding hydrogens is 329 g/mol. The molecule has 1 rings (SSSR count). The van der Waals surface area contributed by atoms with Gasteiger partial charge in [-0.2, -0.15) is 0 Å². The van der Waals surface area contributed by atoms with Crippen LogP contribution in [0.5, 0.6) is 0 Å². The summed E-state index contributed by atoms with van der Waals surface area (Å²) in [7, 11) is 0. The zero-order valence-corrected chi connectivity index (χ0v) is 15.4. The Bertz CT molecular complexity index is 433. The van der Waals surface area contributed by atoms with Gasteiger partial charge in [0.05, 0.1) is 0 Å². The van der Waals surface area contributed by atoms with E-state index >= 15 is 0 Å². The highest BCUT2D eigenvalue weighted by atomic mass is 79.9. The van der Waals surface area contributed by atoms with Crippen LogP contribution < -0.4 is 5.32 Å². The molecule has 0 aliphatic heterocycles.